The summed E-state index contributed by atoms with van der Waals surface area (Å²) in [4.78, 5) is 37.6. The van der Waals surface area contributed by atoms with Crippen LogP contribution in [-0.4, -0.2) is 87.4 Å². The van der Waals surface area contributed by atoms with Gasteiger partial charge in [-0.05, 0) is 128 Å². The number of quaternary nitrogens is 1. The second kappa shape index (κ2) is 70.8. The minimum Gasteiger partial charge on any atom is -0.477 e. The maximum Gasteiger partial charge on any atom is 0.361 e. The lowest BCUT2D eigenvalue weighted by molar-refractivity contribution is -0.870. The monoisotopic (exact) mass is 1260 g/mol. The molecular weight excluding hydrogens is 1130 g/mol. The molecule has 0 aliphatic carbocycles. The van der Waals surface area contributed by atoms with Gasteiger partial charge in [-0.25, -0.2) is 4.79 Å². The Balaban J connectivity index is 4.22. The van der Waals surface area contributed by atoms with Crippen LogP contribution in [0, 0.1) is 0 Å². The second-order valence-electron chi connectivity index (χ2n) is 25.2. The molecule has 0 saturated carbocycles. The summed E-state index contributed by atoms with van der Waals surface area (Å²) < 4.78 is 22.9. The fourth-order valence-electron chi connectivity index (χ4n) is 9.70. The summed E-state index contributed by atoms with van der Waals surface area (Å²) in [7, 11) is 5.96. The van der Waals surface area contributed by atoms with Crippen LogP contribution in [0.2, 0.25) is 0 Å². The number of allylic oxidation sites excluding steroid dienone is 26. The fourth-order valence-corrected chi connectivity index (χ4v) is 9.70. The molecular formula is C82H136NO8+. The van der Waals surface area contributed by atoms with Gasteiger partial charge in [-0.3, -0.25) is 9.59 Å². The highest BCUT2D eigenvalue weighted by molar-refractivity contribution is 5.71. The van der Waals surface area contributed by atoms with E-state index in [1.807, 2.05) is 21.1 Å². The van der Waals surface area contributed by atoms with Crippen molar-refractivity contribution < 1.29 is 42.9 Å². The summed E-state index contributed by atoms with van der Waals surface area (Å²) in [5.74, 6) is -2.05. The number of aliphatic carboxylic acids is 1. The van der Waals surface area contributed by atoms with Crippen LogP contribution in [0.4, 0.5) is 0 Å². The van der Waals surface area contributed by atoms with Crippen LogP contribution in [0.3, 0.4) is 0 Å². The maximum absolute atomic E-state index is 12.9. The standard InChI is InChI=1S/C82H135NO8/c1-6-8-10-12-14-16-18-20-22-24-26-28-30-32-33-34-35-36-37-38-39-40-41-42-43-44-45-46-47-49-51-53-55-57-59-61-63-65-67-69-71-73-80(85)91-78(77-90-82(81(86)87)88-75-74-83(3,4)5)76-89-79(84)72-70-68-66-64-62-60-58-56-54-52-50-48-31-29-27-25-23-21-19-17-15-13-11-9-7-2/h8,10,14,16,20,22,25-28,32-33,35-36,38-39,41-42,44-45,47,49,53,55,59,61,78,82H,6-7,9,11-13,15,17-19,21,23-24,29-31,34,37,40,43,46,48,50-52,54,56-58,60,62-77H2,1-5H3/p+1/b10-8-,16-14-,22-20-,27-25-,28-26-,33-32-,36-35-,39-38-,42-41-,45-44-,49-47-,55-53-,61-59-. The average Bonchev–Trinajstić information content (AvgIpc) is 3.53. The molecule has 0 saturated heterocycles. The van der Waals surface area contributed by atoms with Crippen molar-refractivity contribution in [3.05, 3.63) is 158 Å². The molecule has 91 heavy (non-hydrogen) atoms. The Morgan fingerprint density at radius 2 is 0.626 bits per heavy atom. The van der Waals surface area contributed by atoms with E-state index in [9.17, 15) is 19.5 Å². The Labute approximate surface area is 559 Å². The van der Waals surface area contributed by atoms with Crippen molar-refractivity contribution in [3.63, 3.8) is 0 Å². The average molecular weight is 1260 g/mol. The molecule has 0 spiro atoms. The smallest absolute Gasteiger partial charge is 0.361 e. The third-order valence-electron chi connectivity index (χ3n) is 15.3. The molecule has 0 aromatic heterocycles. The van der Waals surface area contributed by atoms with E-state index < -0.39 is 24.3 Å². The summed E-state index contributed by atoms with van der Waals surface area (Å²) >= 11 is 0. The van der Waals surface area contributed by atoms with E-state index >= 15 is 0 Å². The van der Waals surface area contributed by atoms with E-state index in [1.165, 1.54) is 128 Å². The number of carbonyl (C=O) groups is 3. The highest BCUT2D eigenvalue weighted by atomic mass is 16.7. The summed E-state index contributed by atoms with van der Waals surface area (Å²) in [6.07, 6.45) is 102. The largest absolute Gasteiger partial charge is 0.477 e. The van der Waals surface area contributed by atoms with Gasteiger partial charge in [0, 0.05) is 12.8 Å². The van der Waals surface area contributed by atoms with E-state index in [-0.39, 0.29) is 38.6 Å². The van der Waals surface area contributed by atoms with E-state index in [0.717, 1.165) is 122 Å². The zero-order valence-electron chi connectivity index (χ0n) is 58.9. The van der Waals surface area contributed by atoms with Crippen molar-refractivity contribution in [2.24, 2.45) is 0 Å². The normalized spacial score (nSPS) is 13.6. The summed E-state index contributed by atoms with van der Waals surface area (Å²) in [5, 5.41) is 9.75. The number of unbranched alkanes of at least 4 members (excludes halogenated alkanes) is 25. The summed E-state index contributed by atoms with van der Waals surface area (Å²) in [5.41, 5.74) is 0. The number of nitrogens with zero attached hydrogens (tertiary/aromatic N) is 1. The molecule has 0 rings (SSSR count). The number of hydrogen-bond acceptors (Lipinski definition) is 7. The molecule has 0 aliphatic heterocycles. The van der Waals surface area contributed by atoms with Crippen molar-refractivity contribution in [1.29, 1.82) is 0 Å². The first-order valence-electron chi connectivity index (χ1n) is 36.6. The number of carboxylic acids is 1. The van der Waals surface area contributed by atoms with Gasteiger partial charge in [0.1, 0.15) is 13.2 Å². The number of esters is 2. The Kier molecular flexibility index (Phi) is 66.8. The Morgan fingerprint density at radius 1 is 0.341 bits per heavy atom. The van der Waals surface area contributed by atoms with Gasteiger partial charge >= 0.3 is 17.9 Å². The molecule has 516 valence electrons. The predicted molar refractivity (Wildman–Crippen MR) is 391 cm³/mol. The zero-order chi connectivity index (χ0) is 66.1. The van der Waals surface area contributed by atoms with Gasteiger partial charge in [0.2, 0.25) is 0 Å². The van der Waals surface area contributed by atoms with Gasteiger partial charge < -0.3 is 28.5 Å². The molecule has 0 aromatic rings. The Morgan fingerprint density at radius 3 is 0.945 bits per heavy atom. The van der Waals surface area contributed by atoms with Crippen molar-refractivity contribution in [2.45, 2.75) is 296 Å². The molecule has 9 heteroatoms. The number of ether oxygens (including phenoxy) is 4. The van der Waals surface area contributed by atoms with E-state index in [1.54, 1.807) is 0 Å². The van der Waals surface area contributed by atoms with Gasteiger partial charge in [0.15, 0.2) is 6.10 Å². The highest BCUT2D eigenvalue weighted by Gasteiger charge is 2.25. The lowest BCUT2D eigenvalue weighted by Crippen LogP contribution is -2.40. The number of carbonyl (C=O) groups excluding carboxylic acids is 2. The zero-order valence-corrected chi connectivity index (χ0v) is 58.9. The number of rotatable bonds is 66. The Hall–Kier alpha value is -5.09. The molecule has 0 heterocycles. The van der Waals surface area contributed by atoms with Crippen LogP contribution in [0.25, 0.3) is 0 Å². The van der Waals surface area contributed by atoms with Crippen molar-refractivity contribution in [1.82, 2.24) is 0 Å². The fraction of sp³-hybridized carbons (Fsp3) is 0.646. The van der Waals surface area contributed by atoms with E-state index in [0.29, 0.717) is 17.4 Å². The molecule has 0 fully saturated rings. The summed E-state index contributed by atoms with van der Waals surface area (Å²) in [6, 6.07) is 0. The third kappa shape index (κ3) is 72.2. The molecule has 0 radical (unpaired) electrons. The Bertz CT molecular complexity index is 2060. The second-order valence-corrected chi connectivity index (χ2v) is 25.2. The number of likely N-dealkylation sites (N-methyl/N-ethyl adjacent to an activating group) is 1. The van der Waals surface area contributed by atoms with Crippen molar-refractivity contribution >= 4 is 17.9 Å². The minimum atomic E-state index is -1.53. The van der Waals surface area contributed by atoms with Crippen LogP contribution >= 0.6 is 0 Å². The van der Waals surface area contributed by atoms with Crippen LogP contribution in [0.1, 0.15) is 284 Å². The topological polar surface area (TPSA) is 108 Å². The SMILES string of the molecule is CC/C=C\C/C=C\C/C=C\C/C=C\C/C=C\C/C=C\C/C=C\C/C=C\C/C=C\C/C=C\C/C=C\C/C=C\CCCCCCC(=O)OC(COC(=O)CCCCCCCCCCCCCCC/C=C\CCCCCCCCCC)COC(OCC[N+](C)(C)C)C(=O)O. The first kappa shape index (κ1) is 85.9. The van der Waals surface area contributed by atoms with Crippen molar-refractivity contribution in [3.8, 4) is 0 Å². The van der Waals surface area contributed by atoms with Gasteiger partial charge in [-0.1, -0.05) is 300 Å². The maximum atomic E-state index is 12.9. The molecule has 0 aliphatic rings. The quantitative estimate of drug-likeness (QED) is 0.0211. The summed E-state index contributed by atoms with van der Waals surface area (Å²) in [6.45, 7) is 4.74. The van der Waals surface area contributed by atoms with Gasteiger partial charge in [-0.2, -0.15) is 0 Å². The van der Waals surface area contributed by atoms with Gasteiger partial charge in [0.05, 0.1) is 34.4 Å². The first-order chi connectivity index (χ1) is 44.6. The molecule has 1 N–H and O–H groups in total. The van der Waals surface area contributed by atoms with Gasteiger partial charge in [0.25, 0.3) is 6.29 Å². The lowest BCUT2D eigenvalue weighted by atomic mass is 10.0. The highest BCUT2D eigenvalue weighted by Crippen LogP contribution is 2.16. The number of carboxylic acid groups (broad SMARTS) is 1. The van der Waals surface area contributed by atoms with E-state index in [2.05, 4.69) is 172 Å². The van der Waals surface area contributed by atoms with Gasteiger partial charge in [-0.15, -0.1) is 0 Å². The van der Waals surface area contributed by atoms with E-state index in [4.69, 9.17) is 18.9 Å². The van der Waals surface area contributed by atoms with Crippen LogP contribution < -0.4 is 0 Å². The molecule has 9 nitrogen and oxygen atoms in total. The molecule has 2 unspecified atom stereocenters. The molecule has 0 aromatic carbocycles. The molecule has 0 amide bonds. The van der Waals surface area contributed by atoms with Crippen LogP contribution in [0.5, 0.6) is 0 Å². The predicted octanol–water partition coefficient (Wildman–Crippen LogP) is 23.2. The third-order valence-corrected chi connectivity index (χ3v) is 15.3. The van der Waals surface area contributed by atoms with Crippen LogP contribution in [-0.2, 0) is 33.3 Å². The van der Waals surface area contributed by atoms with Crippen molar-refractivity contribution in [2.75, 3.05) is 47.5 Å². The minimum absolute atomic E-state index is 0.175. The molecule has 0 bridgehead atoms. The molecule has 2 atom stereocenters. The lowest BCUT2D eigenvalue weighted by Gasteiger charge is -2.25. The first-order valence-corrected chi connectivity index (χ1v) is 36.6. The van der Waals surface area contributed by atoms with Crippen LogP contribution in [0.15, 0.2) is 158 Å². The number of hydrogen-bond donors (Lipinski definition) is 1.